The molecule has 21 heavy (non-hydrogen) atoms. The number of aromatic hydroxyl groups is 1. The van der Waals surface area contributed by atoms with E-state index >= 15 is 0 Å². The summed E-state index contributed by atoms with van der Waals surface area (Å²) < 4.78 is 1.78. The Morgan fingerprint density at radius 2 is 2.10 bits per heavy atom. The SMILES string of the molecule is O=C(c1cc(Br)ccc1I)N1CCCc2cccc(O)c21. The maximum absolute atomic E-state index is 12.9. The molecule has 0 aliphatic carbocycles. The minimum Gasteiger partial charge on any atom is -0.506 e. The molecule has 3 rings (SSSR count). The van der Waals surface area contributed by atoms with Crippen LogP contribution in [0.1, 0.15) is 22.3 Å². The van der Waals surface area contributed by atoms with Crippen molar-refractivity contribution < 1.29 is 9.90 Å². The summed E-state index contributed by atoms with van der Waals surface area (Å²) in [4.78, 5) is 14.6. The summed E-state index contributed by atoms with van der Waals surface area (Å²) in [5, 5.41) is 10.1. The van der Waals surface area contributed by atoms with Gasteiger partial charge in [0.2, 0.25) is 0 Å². The number of para-hydroxylation sites is 1. The normalized spacial score (nSPS) is 13.9. The third-order valence-electron chi connectivity index (χ3n) is 3.60. The number of anilines is 1. The second-order valence-electron chi connectivity index (χ2n) is 4.97. The van der Waals surface area contributed by atoms with Crippen molar-refractivity contribution in [3.63, 3.8) is 0 Å². The van der Waals surface area contributed by atoms with Gasteiger partial charge in [-0.1, -0.05) is 28.1 Å². The fourth-order valence-electron chi connectivity index (χ4n) is 2.64. The van der Waals surface area contributed by atoms with E-state index in [-0.39, 0.29) is 11.7 Å². The first-order valence-corrected chi connectivity index (χ1v) is 8.53. The van der Waals surface area contributed by atoms with Gasteiger partial charge in [0.1, 0.15) is 5.75 Å². The molecule has 0 fully saturated rings. The summed E-state index contributed by atoms with van der Waals surface area (Å²) in [5.41, 5.74) is 2.34. The summed E-state index contributed by atoms with van der Waals surface area (Å²) >= 11 is 5.58. The van der Waals surface area contributed by atoms with Crippen LogP contribution in [0.4, 0.5) is 5.69 Å². The average molecular weight is 458 g/mol. The highest BCUT2D eigenvalue weighted by molar-refractivity contribution is 14.1. The Hall–Kier alpha value is -1.08. The maximum Gasteiger partial charge on any atom is 0.259 e. The first-order chi connectivity index (χ1) is 10.1. The van der Waals surface area contributed by atoms with Gasteiger partial charge in [0.25, 0.3) is 5.91 Å². The first-order valence-electron chi connectivity index (χ1n) is 6.65. The van der Waals surface area contributed by atoms with Crippen LogP contribution in [-0.2, 0) is 6.42 Å². The molecule has 0 saturated carbocycles. The third-order valence-corrected chi connectivity index (χ3v) is 5.03. The molecule has 5 heteroatoms. The Kier molecular flexibility index (Phi) is 4.21. The van der Waals surface area contributed by atoms with E-state index in [1.165, 1.54) is 0 Å². The molecule has 0 aromatic heterocycles. The number of benzene rings is 2. The highest BCUT2D eigenvalue weighted by atomic mass is 127. The largest absolute Gasteiger partial charge is 0.506 e. The molecule has 2 aromatic rings. The molecule has 0 atom stereocenters. The van der Waals surface area contributed by atoms with Crippen LogP contribution in [0.25, 0.3) is 0 Å². The van der Waals surface area contributed by atoms with Crippen LogP contribution in [-0.4, -0.2) is 17.6 Å². The van der Waals surface area contributed by atoms with Crippen LogP contribution >= 0.6 is 38.5 Å². The number of hydrogen-bond donors (Lipinski definition) is 1. The average Bonchev–Trinajstić information content (AvgIpc) is 2.49. The van der Waals surface area contributed by atoms with E-state index in [4.69, 9.17) is 0 Å². The van der Waals surface area contributed by atoms with E-state index in [0.717, 1.165) is 26.4 Å². The lowest BCUT2D eigenvalue weighted by molar-refractivity contribution is 0.0983. The predicted molar refractivity (Wildman–Crippen MR) is 95.0 cm³/mol. The zero-order valence-electron chi connectivity index (χ0n) is 11.1. The third kappa shape index (κ3) is 2.81. The van der Waals surface area contributed by atoms with Crippen LogP contribution in [0.5, 0.6) is 5.75 Å². The number of phenols is 1. The van der Waals surface area contributed by atoms with Gasteiger partial charge in [0.15, 0.2) is 0 Å². The number of rotatable bonds is 1. The Balaban J connectivity index is 2.06. The van der Waals surface area contributed by atoms with E-state index in [1.807, 2.05) is 30.3 Å². The summed E-state index contributed by atoms with van der Waals surface area (Å²) in [6.45, 7) is 0.631. The van der Waals surface area contributed by atoms with E-state index in [2.05, 4.69) is 38.5 Å². The molecule has 0 spiro atoms. The van der Waals surface area contributed by atoms with Gasteiger partial charge in [-0.3, -0.25) is 4.79 Å². The molecule has 3 nitrogen and oxygen atoms in total. The smallest absolute Gasteiger partial charge is 0.259 e. The summed E-state index contributed by atoms with van der Waals surface area (Å²) in [5.74, 6) is 0.105. The van der Waals surface area contributed by atoms with Gasteiger partial charge >= 0.3 is 0 Å². The lowest BCUT2D eigenvalue weighted by Gasteiger charge is -2.30. The minimum absolute atomic E-state index is 0.0665. The maximum atomic E-state index is 12.9. The monoisotopic (exact) mass is 457 g/mol. The number of halogens is 2. The fourth-order valence-corrected chi connectivity index (χ4v) is 3.57. The first kappa shape index (κ1) is 14.8. The number of nitrogens with zero attached hydrogens (tertiary/aromatic N) is 1. The van der Waals surface area contributed by atoms with Crippen LogP contribution in [0, 0.1) is 3.57 Å². The van der Waals surface area contributed by atoms with Gasteiger partial charge in [-0.15, -0.1) is 0 Å². The molecular formula is C16H13BrINO2. The molecule has 0 unspecified atom stereocenters. The second kappa shape index (κ2) is 5.96. The minimum atomic E-state index is -0.0665. The summed E-state index contributed by atoms with van der Waals surface area (Å²) in [7, 11) is 0. The molecule has 0 bridgehead atoms. The van der Waals surface area contributed by atoms with Gasteiger partial charge in [0, 0.05) is 14.6 Å². The Labute approximate surface area is 145 Å². The number of fused-ring (bicyclic) bond motifs is 1. The summed E-state index contributed by atoms with van der Waals surface area (Å²) in [6, 6.07) is 11.1. The molecule has 1 aliphatic heterocycles. The molecule has 0 radical (unpaired) electrons. The summed E-state index contributed by atoms with van der Waals surface area (Å²) in [6.07, 6.45) is 1.80. The standard InChI is InChI=1S/C16H13BrINO2/c17-11-6-7-13(18)12(9-11)16(21)19-8-2-4-10-3-1-5-14(20)15(10)19/h1,3,5-7,9,20H,2,4,8H2. The zero-order chi connectivity index (χ0) is 15.0. The van der Waals surface area contributed by atoms with E-state index < -0.39 is 0 Å². The lowest BCUT2D eigenvalue weighted by atomic mass is 10.00. The van der Waals surface area contributed by atoms with E-state index in [1.54, 1.807) is 11.0 Å². The number of amides is 1. The molecule has 1 heterocycles. The van der Waals surface area contributed by atoms with E-state index in [0.29, 0.717) is 17.8 Å². The molecule has 0 saturated heterocycles. The van der Waals surface area contributed by atoms with Gasteiger partial charge in [-0.25, -0.2) is 0 Å². The van der Waals surface area contributed by atoms with Gasteiger partial charge in [-0.2, -0.15) is 0 Å². The number of carbonyl (C=O) groups excluding carboxylic acids is 1. The van der Waals surface area contributed by atoms with Gasteiger partial charge in [-0.05, 0) is 65.3 Å². The lowest BCUT2D eigenvalue weighted by Crippen LogP contribution is -2.36. The quantitative estimate of drug-likeness (QED) is 0.646. The van der Waals surface area contributed by atoms with E-state index in [9.17, 15) is 9.90 Å². The molecule has 1 amide bonds. The highest BCUT2D eigenvalue weighted by Gasteiger charge is 2.27. The molecule has 108 valence electrons. The van der Waals surface area contributed by atoms with Crippen LogP contribution in [0.15, 0.2) is 40.9 Å². The molecule has 1 N–H and O–H groups in total. The van der Waals surface area contributed by atoms with Crippen molar-refractivity contribution in [2.24, 2.45) is 0 Å². The molecular weight excluding hydrogens is 445 g/mol. The van der Waals surface area contributed by atoms with Crippen molar-refractivity contribution in [1.82, 2.24) is 0 Å². The van der Waals surface area contributed by atoms with Gasteiger partial charge in [0.05, 0.1) is 11.3 Å². The number of aryl methyl sites for hydroxylation is 1. The zero-order valence-corrected chi connectivity index (χ0v) is 14.9. The molecule has 2 aromatic carbocycles. The van der Waals surface area contributed by atoms with Crippen molar-refractivity contribution in [3.8, 4) is 5.75 Å². The van der Waals surface area contributed by atoms with Gasteiger partial charge < -0.3 is 10.0 Å². The predicted octanol–water partition coefficient (Wildman–Crippen LogP) is 4.35. The Morgan fingerprint density at radius 1 is 1.29 bits per heavy atom. The fraction of sp³-hybridized carbons (Fsp3) is 0.188. The number of phenolic OH excluding ortho intramolecular Hbond substituents is 1. The number of hydrogen-bond acceptors (Lipinski definition) is 2. The second-order valence-corrected chi connectivity index (χ2v) is 7.05. The van der Waals surface area contributed by atoms with Crippen molar-refractivity contribution in [1.29, 1.82) is 0 Å². The Morgan fingerprint density at radius 3 is 2.90 bits per heavy atom. The van der Waals surface area contributed by atoms with Crippen molar-refractivity contribution in [2.75, 3.05) is 11.4 Å². The molecule has 1 aliphatic rings. The topological polar surface area (TPSA) is 40.5 Å². The Bertz CT molecular complexity index is 717. The van der Waals surface area contributed by atoms with Crippen molar-refractivity contribution in [2.45, 2.75) is 12.8 Å². The van der Waals surface area contributed by atoms with Crippen LogP contribution in [0.3, 0.4) is 0 Å². The number of carbonyl (C=O) groups is 1. The van der Waals surface area contributed by atoms with Crippen LogP contribution in [0.2, 0.25) is 0 Å². The van der Waals surface area contributed by atoms with Crippen molar-refractivity contribution >= 4 is 50.1 Å². The highest BCUT2D eigenvalue weighted by Crippen LogP contribution is 2.36. The van der Waals surface area contributed by atoms with Crippen LogP contribution < -0.4 is 4.90 Å². The van der Waals surface area contributed by atoms with Crippen molar-refractivity contribution in [3.05, 3.63) is 55.6 Å².